The van der Waals surface area contributed by atoms with Gasteiger partial charge in [0.15, 0.2) is 0 Å². The van der Waals surface area contributed by atoms with Gasteiger partial charge in [0, 0.05) is 31.1 Å². The van der Waals surface area contributed by atoms with Crippen molar-refractivity contribution in [3.63, 3.8) is 0 Å². The summed E-state index contributed by atoms with van der Waals surface area (Å²) in [5.41, 5.74) is 5.99. The molecule has 0 aliphatic carbocycles. The highest BCUT2D eigenvalue weighted by Crippen LogP contribution is 2.10. The molecular formula is C10H22N2O3S. The Morgan fingerprint density at radius 3 is 2.81 bits per heavy atom. The summed E-state index contributed by atoms with van der Waals surface area (Å²) in [6.45, 7) is 2.48. The van der Waals surface area contributed by atoms with Crippen LogP contribution >= 0.6 is 0 Å². The Balaban J connectivity index is 2.26. The number of nitrogens with two attached hydrogens (primary N) is 1. The molecular weight excluding hydrogens is 228 g/mol. The standard InChI is InChI=1S/C10H22N2O3S/c1-12-5-6-15-10(8-12)9(11)4-3-7-16(2,13)14/h9-10H,3-8,11H2,1-2H3. The lowest BCUT2D eigenvalue weighted by Gasteiger charge is -2.33. The van der Waals surface area contributed by atoms with Crippen LogP contribution in [-0.4, -0.2) is 64.2 Å². The Morgan fingerprint density at radius 2 is 2.25 bits per heavy atom. The summed E-state index contributed by atoms with van der Waals surface area (Å²) in [5, 5.41) is 0. The van der Waals surface area contributed by atoms with Gasteiger partial charge in [0.05, 0.1) is 12.7 Å². The van der Waals surface area contributed by atoms with Crippen LogP contribution in [0.5, 0.6) is 0 Å². The minimum atomic E-state index is -2.87. The van der Waals surface area contributed by atoms with Crippen LogP contribution < -0.4 is 5.73 Å². The van der Waals surface area contributed by atoms with E-state index in [0.717, 1.165) is 13.1 Å². The fourth-order valence-electron chi connectivity index (χ4n) is 1.84. The molecule has 0 bridgehead atoms. The Kier molecular flexibility index (Phi) is 5.17. The van der Waals surface area contributed by atoms with Crippen LogP contribution in [0, 0.1) is 0 Å². The number of hydrogen-bond donors (Lipinski definition) is 1. The van der Waals surface area contributed by atoms with Crippen LogP contribution in [0.25, 0.3) is 0 Å². The van der Waals surface area contributed by atoms with E-state index in [0.29, 0.717) is 19.4 Å². The SMILES string of the molecule is CN1CCOC(C(N)CCCS(C)(=O)=O)C1. The molecule has 0 aromatic rings. The highest BCUT2D eigenvalue weighted by Gasteiger charge is 2.23. The summed E-state index contributed by atoms with van der Waals surface area (Å²) in [4.78, 5) is 2.19. The third-order valence-corrected chi connectivity index (χ3v) is 3.86. The summed E-state index contributed by atoms with van der Waals surface area (Å²) in [5.74, 6) is 0.212. The number of likely N-dealkylation sites (N-methyl/N-ethyl adjacent to an activating group) is 1. The van der Waals surface area contributed by atoms with Gasteiger partial charge in [-0.2, -0.15) is 0 Å². The van der Waals surface area contributed by atoms with Crippen molar-refractivity contribution in [2.75, 3.05) is 38.8 Å². The van der Waals surface area contributed by atoms with Gasteiger partial charge >= 0.3 is 0 Å². The maximum atomic E-state index is 11.0. The molecule has 1 fully saturated rings. The van der Waals surface area contributed by atoms with Crippen molar-refractivity contribution in [2.45, 2.75) is 25.0 Å². The smallest absolute Gasteiger partial charge is 0.147 e. The average molecular weight is 250 g/mol. The molecule has 1 saturated heterocycles. The van der Waals surface area contributed by atoms with E-state index in [2.05, 4.69) is 4.90 Å². The third kappa shape index (κ3) is 5.25. The van der Waals surface area contributed by atoms with E-state index in [9.17, 15) is 8.42 Å². The van der Waals surface area contributed by atoms with E-state index in [1.807, 2.05) is 7.05 Å². The summed E-state index contributed by atoms with van der Waals surface area (Å²) in [7, 11) is -0.828. The van der Waals surface area contributed by atoms with Crippen LogP contribution in [0.4, 0.5) is 0 Å². The molecule has 0 aromatic heterocycles. The van der Waals surface area contributed by atoms with Crippen molar-refractivity contribution in [2.24, 2.45) is 5.73 Å². The predicted octanol–water partition coefficient (Wildman–Crippen LogP) is -0.531. The van der Waals surface area contributed by atoms with E-state index in [4.69, 9.17) is 10.5 Å². The second-order valence-corrected chi connectivity index (χ2v) is 6.87. The zero-order valence-electron chi connectivity index (χ0n) is 10.1. The fourth-order valence-corrected chi connectivity index (χ4v) is 2.53. The highest BCUT2D eigenvalue weighted by atomic mass is 32.2. The minimum Gasteiger partial charge on any atom is -0.374 e. The van der Waals surface area contributed by atoms with Crippen molar-refractivity contribution >= 4 is 9.84 Å². The second kappa shape index (κ2) is 5.95. The lowest BCUT2D eigenvalue weighted by molar-refractivity contribution is -0.0332. The van der Waals surface area contributed by atoms with E-state index in [1.165, 1.54) is 6.26 Å². The monoisotopic (exact) mass is 250 g/mol. The molecule has 0 aromatic carbocycles. The predicted molar refractivity (Wildman–Crippen MR) is 64.2 cm³/mol. The zero-order chi connectivity index (χ0) is 12.2. The summed E-state index contributed by atoms with van der Waals surface area (Å²) in [6.07, 6.45) is 2.61. The molecule has 1 aliphatic rings. The molecule has 0 saturated carbocycles. The lowest BCUT2D eigenvalue weighted by Crippen LogP contribution is -2.49. The van der Waals surface area contributed by atoms with Gasteiger partial charge in [-0.3, -0.25) is 0 Å². The molecule has 16 heavy (non-hydrogen) atoms. The molecule has 1 heterocycles. The zero-order valence-corrected chi connectivity index (χ0v) is 10.9. The van der Waals surface area contributed by atoms with Crippen molar-refractivity contribution in [1.29, 1.82) is 0 Å². The maximum Gasteiger partial charge on any atom is 0.147 e. The fraction of sp³-hybridized carbons (Fsp3) is 1.00. The van der Waals surface area contributed by atoms with E-state index in [1.54, 1.807) is 0 Å². The summed E-state index contributed by atoms with van der Waals surface area (Å²) < 4.78 is 27.5. The van der Waals surface area contributed by atoms with Crippen LogP contribution in [0.2, 0.25) is 0 Å². The Bertz CT molecular complexity index is 305. The van der Waals surface area contributed by atoms with E-state index >= 15 is 0 Å². The van der Waals surface area contributed by atoms with Crippen LogP contribution in [0.3, 0.4) is 0 Å². The van der Waals surface area contributed by atoms with Crippen molar-refractivity contribution in [3.8, 4) is 0 Å². The average Bonchev–Trinajstić information content (AvgIpc) is 2.15. The maximum absolute atomic E-state index is 11.0. The van der Waals surface area contributed by atoms with Gasteiger partial charge < -0.3 is 15.4 Å². The Morgan fingerprint density at radius 1 is 1.56 bits per heavy atom. The first-order valence-corrected chi connectivity index (χ1v) is 7.68. The van der Waals surface area contributed by atoms with Crippen molar-refractivity contribution in [3.05, 3.63) is 0 Å². The number of sulfone groups is 1. The molecule has 96 valence electrons. The number of nitrogens with zero attached hydrogens (tertiary/aromatic N) is 1. The van der Waals surface area contributed by atoms with Gasteiger partial charge in [-0.25, -0.2) is 8.42 Å². The minimum absolute atomic E-state index is 0.0401. The molecule has 0 radical (unpaired) electrons. The molecule has 5 nitrogen and oxygen atoms in total. The number of rotatable bonds is 5. The van der Waals surface area contributed by atoms with Crippen LogP contribution in [-0.2, 0) is 14.6 Å². The molecule has 2 unspecified atom stereocenters. The van der Waals surface area contributed by atoms with E-state index < -0.39 is 9.84 Å². The molecule has 1 aliphatic heterocycles. The third-order valence-electron chi connectivity index (χ3n) is 2.83. The van der Waals surface area contributed by atoms with Gasteiger partial charge in [-0.1, -0.05) is 0 Å². The summed E-state index contributed by atoms with van der Waals surface area (Å²) >= 11 is 0. The molecule has 0 amide bonds. The van der Waals surface area contributed by atoms with Crippen molar-refractivity contribution in [1.82, 2.24) is 4.90 Å². The first-order chi connectivity index (χ1) is 7.38. The molecule has 2 atom stereocenters. The van der Waals surface area contributed by atoms with Gasteiger partial charge in [0.1, 0.15) is 9.84 Å². The Labute approximate surface area is 97.9 Å². The Hall–Kier alpha value is -0.170. The van der Waals surface area contributed by atoms with E-state index in [-0.39, 0.29) is 17.9 Å². The second-order valence-electron chi connectivity index (χ2n) is 4.61. The van der Waals surface area contributed by atoms with Gasteiger partial charge in [-0.05, 0) is 19.9 Å². The normalized spacial score (nSPS) is 25.6. The molecule has 1 rings (SSSR count). The van der Waals surface area contributed by atoms with Crippen molar-refractivity contribution < 1.29 is 13.2 Å². The number of hydrogen-bond acceptors (Lipinski definition) is 5. The highest BCUT2D eigenvalue weighted by molar-refractivity contribution is 7.90. The summed E-state index contributed by atoms with van der Waals surface area (Å²) in [6, 6.07) is -0.0653. The van der Waals surface area contributed by atoms with Gasteiger partial charge in [0.25, 0.3) is 0 Å². The van der Waals surface area contributed by atoms with Crippen LogP contribution in [0.15, 0.2) is 0 Å². The van der Waals surface area contributed by atoms with Gasteiger partial charge in [-0.15, -0.1) is 0 Å². The molecule has 2 N–H and O–H groups in total. The number of morpholine rings is 1. The molecule has 0 spiro atoms. The quantitative estimate of drug-likeness (QED) is 0.710. The number of ether oxygens (including phenoxy) is 1. The largest absolute Gasteiger partial charge is 0.374 e. The topological polar surface area (TPSA) is 72.6 Å². The lowest BCUT2D eigenvalue weighted by atomic mass is 10.1. The first kappa shape index (κ1) is 13.9. The van der Waals surface area contributed by atoms with Crippen LogP contribution in [0.1, 0.15) is 12.8 Å². The molecule has 6 heteroatoms. The van der Waals surface area contributed by atoms with Gasteiger partial charge in [0.2, 0.25) is 0 Å². The first-order valence-electron chi connectivity index (χ1n) is 5.62.